The minimum atomic E-state index is -0.386. The fraction of sp³-hybridized carbons (Fsp3) is 0.318. The molecule has 7 heteroatoms. The lowest BCUT2D eigenvalue weighted by Crippen LogP contribution is -2.14. The molecule has 2 amide bonds. The van der Waals surface area contributed by atoms with E-state index >= 15 is 0 Å². The van der Waals surface area contributed by atoms with Crippen LogP contribution in [0.2, 0.25) is 0 Å². The summed E-state index contributed by atoms with van der Waals surface area (Å²) in [6.07, 6.45) is 2.34. The molecule has 0 saturated carbocycles. The molecule has 29 heavy (non-hydrogen) atoms. The Kier molecular flexibility index (Phi) is 9.24. The van der Waals surface area contributed by atoms with Crippen LogP contribution in [0.15, 0.2) is 53.4 Å². The predicted octanol–water partition coefficient (Wildman–Crippen LogP) is 4.72. The van der Waals surface area contributed by atoms with E-state index < -0.39 is 0 Å². The third-order valence-electron chi connectivity index (χ3n) is 3.92. The Labute approximate surface area is 175 Å². The van der Waals surface area contributed by atoms with Crippen LogP contribution in [-0.4, -0.2) is 30.1 Å². The number of nitrogens with one attached hydrogen (secondary N) is 2. The number of ether oxygens (including phenoxy) is 1. The number of hydrogen-bond donors (Lipinski definition) is 2. The Morgan fingerprint density at radius 3 is 2.34 bits per heavy atom. The van der Waals surface area contributed by atoms with Crippen LogP contribution < -0.4 is 10.6 Å². The third kappa shape index (κ3) is 7.99. The molecule has 154 valence electrons. The van der Waals surface area contributed by atoms with Crippen molar-refractivity contribution < 1.29 is 19.1 Å². The maximum Gasteiger partial charge on any atom is 0.338 e. The SMILES string of the molecule is CCCCC(=O)Nc1cccc(SCC(=O)Nc2ccc(C(=O)OCC)cc2)c1. The lowest BCUT2D eigenvalue weighted by molar-refractivity contribution is -0.116. The molecule has 0 aliphatic carbocycles. The van der Waals surface area contributed by atoms with Crippen LogP contribution in [0.3, 0.4) is 0 Å². The zero-order chi connectivity index (χ0) is 21.1. The van der Waals surface area contributed by atoms with Gasteiger partial charge in [-0.1, -0.05) is 19.4 Å². The maximum absolute atomic E-state index is 12.2. The lowest BCUT2D eigenvalue weighted by Gasteiger charge is -2.08. The molecular formula is C22H26N2O4S. The van der Waals surface area contributed by atoms with E-state index in [9.17, 15) is 14.4 Å². The highest BCUT2D eigenvalue weighted by atomic mass is 32.2. The van der Waals surface area contributed by atoms with Crippen molar-refractivity contribution in [1.29, 1.82) is 0 Å². The van der Waals surface area contributed by atoms with Gasteiger partial charge in [-0.05, 0) is 55.8 Å². The standard InChI is InChI=1S/C22H26N2O4S/c1-3-5-9-20(25)24-18-7-6-8-19(14-18)29-15-21(26)23-17-12-10-16(11-13-17)22(27)28-4-2/h6-8,10-14H,3-5,9,15H2,1-2H3,(H,23,26)(H,24,25). The van der Waals surface area contributed by atoms with Crippen LogP contribution in [0.25, 0.3) is 0 Å². The molecule has 0 spiro atoms. The van der Waals surface area contributed by atoms with Crippen molar-refractivity contribution in [2.24, 2.45) is 0 Å². The Balaban J connectivity index is 1.83. The van der Waals surface area contributed by atoms with E-state index in [0.29, 0.717) is 24.3 Å². The molecule has 2 aromatic rings. The second kappa shape index (κ2) is 11.9. The normalized spacial score (nSPS) is 10.3. The van der Waals surface area contributed by atoms with Crippen LogP contribution >= 0.6 is 11.8 Å². The molecule has 2 rings (SSSR count). The molecule has 0 fully saturated rings. The van der Waals surface area contributed by atoms with Gasteiger partial charge in [-0.25, -0.2) is 4.79 Å². The maximum atomic E-state index is 12.2. The number of amides is 2. The summed E-state index contributed by atoms with van der Waals surface area (Å²) in [6.45, 7) is 4.11. The molecule has 0 saturated heterocycles. The molecule has 0 aromatic heterocycles. The zero-order valence-electron chi connectivity index (χ0n) is 16.7. The summed E-state index contributed by atoms with van der Waals surface area (Å²) in [4.78, 5) is 36.6. The number of anilines is 2. The van der Waals surface area contributed by atoms with Gasteiger partial charge in [-0.15, -0.1) is 11.8 Å². The summed E-state index contributed by atoms with van der Waals surface area (Å²) >= 11 is 1.38. The first-order chi connectivity index (χ1) is 14.0. The molecule has 2 N–H and O–H groups in total. The minimum absolute atomic E-state index is 0.00184. The number of esters is 1. The number of unbranched alkanes of at least 4 members (excludes halogenated alkanes) is 1. The molecule has 0 aliphatic heterocycles. The number of thioether (sulfide) groups is 1. The van der Waals surface area contributed by atoms with E-state index in [1.807, 2.05) is 31.2 Å². The van der Waals surface area contributed by atoms with Gasteiger partial charge in [-0.2, -0.15) is 0 Å². The minimum Gasteiger partial charge on any atom is -0.462 e. The number of carbonyl (C=O) groups excluding carboxylic acids is 3. The highest BCUT2D eigenvalue weighted by Gasteiger charge is 2.08. The lowest BCUT2D eigenvalue weighted by atomic mass is 10.2. The average Bonchev–Trinajstić information content (AvgIpc) is 2.72. The summed E-state index contributed by atoms with van der Waals surface area (Å²) in [7, 11) is 0. The third-order valence-corrected chi connectivity index (χ3v) is 4.92. The highest BCUT2D eigenvalue weighted by molar-refractivity contribution is 8.00. The molecule has 0 aliphatic rings. The van der Waals surface area contributed by atoms with E-state index in [0.717, 1.165) is 23.4 Å². The van der Waals surface area contributed by atoms with Crippen LogP contribution in [0.4, 0.5) is 11.4 Å². The van der Waals surface area contributed by atoms with E-state index in [1.54, 1.807) is 31.2 Å². The van der Waals surface area contributed by atoms with Gasteiger partial charge in [0.1, 0.15) is 0 Å². The van der Waals surface area contributed by atoms with Crippen molar-refractivity contribution in [2.75, 3.05) is 23.0 Å². The number of rotatable bonds is 10. The van der Waals surface area contributed by atoms with Crippen molar-refractivity contribution in [3.05, 3.63) is 54.1 Å². The summed E-state index contributed by atoms with van der Waals surface area (Å²) in [5, 5.41) is 5.68. The predicted molar refractivity (Wildman–Crippen MR) is 116 cm³/mol. The molecule has 0 bridgehead atoms. The van der Waals surface area contributed by atoms with Crippen LogP contribution in [0.5, 0.6) is 0 Å². The topological polar surface area (TPSA) is 84.5 Å². The molecule has 6 nitrogen and oxygen atoms in total. The van der Waals surface area contributed by atoms with Crippen molar-refractivity contribution in [3.63, 3.8) is 0 Å². The van der Waals surface area contributed by atoms with Crippen LogP contribution in [0, 0.1) is 0 Å². The van der Waals surface area contributed by atoms with Gasteiger partial charge in [0.2, 0.25) is 11.8 Å². The Bertz CT molecular complexity index is 837. The summed E-state index contributed by atoms with van der Waals surface area (Å²) in [5.41, 5.74) is 1.78. The monoisotopic (exact) mass is 414 g/mol. The number of hydrogen-bond acceptors (Lipinski definition) is 5. The van der Waals surface area contributed by atoms with Gasteiger partial charge < -0.3 is 15.4 Å². The number of benzene rings is 2. The van der Waals surface area contributed by atoms with Gasteiger partial charge in [0.25, 0.3) is 0 Å². The molecule has 0 radical (unpaired) electrons. The van der Waals surface area contributed by atoms with Gasteiger partial charge in [-0.3, -0.25) is 9.59 Å². The van der Waals surface area contributed by atoms with E-state index in [4.69, 9.17) is 4.74 Å². The fourth-order valence-corrected chi connectivity index (χ4v) is 3.23. The Morgan fingerprint density at radius 1 is 0.931 bits per heavy atom. The van der Waals surface area contributed by atoms with Gasteiger partial charge in [0, 0.05) is 22.7 Å². The first-order valence-electron chi connectivity index (χ1n) is 9.61. The number of carbonyl (C=O) groups is 3. The summed E-state index contributed by atoms with van der Waals surface area (Å²) in [5.74, 6) is -0.316. The molecular weight excluding hydrogens is 388 g/mol. The van der Waals surface area contributed by atoms with Crippen molar-refractivity contribution >= 4 is 40.9 Å². The molecule has 0 unspecified atom stereocenters. The van der Waals surface area contributed by atoms with E-state index in [-0.39, 0.29) is 23.5 Å². The average molecular weight is 415 g/mol. The smallest absolute Gasteiger partial charge is 0.338 e. The first kappa shape index (κ1) is 22.5. The zero-order valence-corrected chi connectivity index (χ0v) is 17.5. The quantitative estimate of drug-likeness (QED) is 0.434. The first-order valence-corrected chi connectivity index (χ1v) is 10.6. The van der Waals surface area contributed by atoms with Crippen LogP contribution in [0.1, 0.15) is 43.5 Å². The van der Waals surface area contributed by atoms with Gasteiger partial charge >= 0.3 is 5.97 Å². The van der Waals surface area contributed by atoms with Gasteiger partial charge in [0.15, 0.2) is 0 Å². The van der Waals surface area contributed by atoms with Crippen molar-refractivity contribution in [1.82, 2.24) is 0 Å². The van der Waals surface area contributed by atoms with Crippen molar-refractivity contribution in [2.45, 2.75) is 38.0 Å². The van der Waals surface area contributed by atoms with Gasteiger partial charge in [0.05, 0.1) is 17.9 Å². The Hall–Kier alpha value is -2.80. The molecule has 0 heterocycles. The van der Waals surface area contributed by atoms with Crippen LogP contribution in [-0.2, 0) is 14.3 Å². The highest BCUT2D eigenvalue weighted by Crippen LogP contribution is 2.22. The molecule has 2 aromatic carbocycles. The van der Waals surface area contributed by atoms with E-state index in [2.05, 4.69) is 10.6 Å². The summed E-state index contributed by atoms with van der Waals surface area (Å²) in [6, 6.07) is 14.0. The summed E-state index contributed by atoms with van der Waals surface area (Å²) < 4.78 is 4.93. The Morgan fingerprint density at radius 2 is 1.66 bits per heavy atom. The molecule has 0 atom stereocenters. The van der Waals surface area contributed by atoms with Crippen molar-refractivity contribution in [3.8, 4) is 0 Å². The fourth-order valence-electron chi connectivity index (χ4n) is 2.47. The second-order valence-corrected chi connectivity index (χ2v) is 7.36. The largest absolute Gasteiger partial charge is 0.462 e. The second-order valence-electron chi connectivity index (χ2n) is 6.31. The van der Waals surface area contributed by atoms with E-state index in [1.165, 1.54) is 11.8 Å².